The number of phenolic OH excluding ortho intramolecular Hbond substituents is 1. The number of ketones is 1. The second kappa shape index (κ2) is 9.35. The number of aromatic hydroxyl groups is 1. The molecule has 33 heavy (non-hydrogen) atoms. The number of piperidine rings is 1. The van der Waals surface area contributed by atoms with Crippen molar-refractivity contribution < 1.29 is 28.8 Å². The number of allylic oxidation sites excluding steroid dienone is 1. The van der Waals surface area contributed by atoms with E-state index in [9.17, 15) is 9.90 Å². The Hall–Kier alpha value is -3.19. The number of carbonyl (C=O) groups is 1. The maximum atomic E-state index is 13.2. The average Bonchev–Trinajstić information content (AvgIpc) is 3.10. The molecule has 0 aromatic heterocycles. The zero-order valence-electron chi connectivity index (χ0n) is 19.8. The number of Topliss-reactive ketones (excluding diaryl/α,β-unsaturated/α-hetero) is 1. The summed E-state index contributed by atoms with van der Waals surface area (Å²) >= 11 is 0. The molecule has 2 aromatic carbocycles. The van der Waals surface area contributed by atoms with Crippen molar-refractivity contribution in [2.45, 2.75) is 26.8 Å². The largest absolute Gasteiger partial charge is 0.507 e. The lowest BCUT2D eigenvalue weighted by molar-refractivity contribution is 0.101. The van der Waals surface area contributed by atoms with Crippen molar-refractivity contribution >= 4 is 11.9 Å². The number of fused-ring (bicyclic) bond motifs is 1. The molecule has 7 heteroatoms. The lowest BCUT2D eigenvalue weighted by Gasteiger charge is -2.35. The predicted molar refractivity (Wildman–Crippen MR) is 125 cm³/mol. The highest BCUT2D eigenvalue weighted by molar-refractivity contribution is 6.15. The first-order valence-corrected chi connectivity index (χ1v) is 11.2. The molecule has 0 bridgehead atoms. The third-order valence-electron chi connectivity index (χ3n) is 6.26. The fourth-order valence-corrected chi connectivity index (χ4v) is 4.97. The number of methoxy groups -OCH3 is 3. The number of hydrogen-bond donors (Lipinski definition) is 1. The van der Waals surface area contributed by atoms with Gasteiger partial charge in [0.25, 0.3) is 0 Å². The molecule has 2 unspecified atom stereocenters. The minimum absolute atomic E-state index is 0.136. The van der Waals surface area contributed by atoms with Crippen molar-refractivity contribution in [2.24, 2.45) is 11.8 Å². The van der Waals surface area contributed by atoms with Gasteiger partial charge in [0.2, 0.25) is 11.5 Å². The SMILES string of the molecule is COc1ccc(/C=C2\Oc3c(ccc(O)c3CN3CC(C)CC(C)C3)C2=O)c(OC)c1OC. The number of rotatable bonds is 6. The van der Waals surface area contributed by atoms with Crippen LogP contribution in [0.4, 0.5) is 0 Å². The van der Waals surface area contributed by atoms with Crippen LogP contribution in [0.3, 0.4) is 0 Å². The predicted octanol–water partition coefficient (Wildman–Crippen LogP) is 4.51. The van der Waals surface area contributed by atoms with Crippen molar-refractivity contribution in [3.8, 4) is 28.7 Å². The van der Waals surface area contributed by atoms with Crippen LogP contribution in [0, 0.1) is 11.8 Å². The summed E-state index contributed by atoms with van der Waals surface area (Å²) in [4.78, 5) is 15.5. The molecule has 7 nitrogen and oxygen atoms in total. The average molecular weight is 454 g/mol. The first-order valence-electron chi connectivity index (χ1n) is 11.2. The van der Waals surface area contributed by atoms with Gasteiger partial charge in [0.05, 0.1) is 32.5 Å². The van der Waals surface area contributed by atoms with E-state index in [-0.39, 0.29) is 17.3 Å². The normalized spacial score (nSPS) is 21.6. The maximum absolute atomic E-state index is 13.2. The summed E-state index contributed by atoms with van der Waals surface area (Å²) in [7, 11) is 4.61. The van der Waals surface area contributed by atoms with Crippen LogP contribution in [0.5, 0.6) is 28.7 Å². The molecule has 2 atom stereocenters. The van der Waals surface area contributed by atoms with Crippen LogP contribution in [0.25, 0.3) is 6.08 Å². The summed E-state index contributed by atoms with van der Waals surface area (Å²) in [6, 6.07) is 6.72. The van der Waals surface area contributed by atoms with Crippen LogP contribution in [-0.2, 0) is 6.54 Å². The van der Waals surface area contributed by atoms with Crippen molar-refractivity contribution in [3.05, 3.63) is 46.7 Å². The van der Waals surface area contributed by atoms with Gasteiger partial charge < -0.3 is 24.1 Å². The molecule has 176 valence electrons. The van der Waals surface area contributed by atoms with E-state index in [0.29, 0.717) is 58.1 Å². The van der Waals surface area contributed by atoms with Gasteiger partial charge in [-0.15, -0.1) is 0 Å². The fourth-order valence-electron chi connectivity index (χ4n) is 4.97. The van der Waals surface area contributed by atoms with Gasteiger partial charge in [0.1, 0.15) is 11.5 Å². The Labute approximate surface area is 194 Å². The Morgan fingerprint density at radius 3 is 2.36 bits per heavy atom. The standard InChI is InChI=1S/C26H31NO6/c1-15-10-16(2)13-27(12-15)14-19-20(28)8-7-18-23(29)22(33-25(18)19)11-17-6-9-21(30-3)26(32-5)24(17)31-4/h6-9,11,15-16,28H,10,12-14H2,1-5H3/b22-11-. The summed E-state index contributed by atoms with van der Waals surface area (Å²) in [6.45, 7) is 6.93. The monoisotopic (exact) mass is 453 g/mol. The summed E-state index contributed by atoms with van der Waals surface area (Å²) < 4.78 is 22.4. The van der Waals surface area contributed by atoms with E-state index in [0.717, 1.165) is 13.1 Å². The fraction of sp³-hybridized carbons (Fsp3) is 0.423. The molecular formula is C26H31NO6. The summed E-state index contributed by atoms with van der Waals surface area (Å²) in [5, 5.41) is 10.6. The third-order valence-corrected chi connectivity index (χ3v) is 6.26. The van der Waals surface area contributed by atoms with Gasteiger partial charge in [-0.3, -0.25) is 9.69 Å². The van der Waals surface area contributed by atoms with Crippen LogP contribution in [0.2, 0.25) is 0 Å². The molecule has 0 spiro atoms. The minimum atomic E-state index is -0.233. The van der Waals surface area contributed by atoms with E-state index in [1.807, 2.05) is 0 Å². The molecule has 1 N–H and O–H groups in total. The number of nitrogens with zero attached hydrogens (tertiary/aromatic N) is 1. The Morgan fingerprint density at radius 2 is 1.73 bits per heavy atom. The summed E-state index contributed by atoms with van der Waals surface area (Å²) in [5.41, 5.74) is 1.71. The van der Waals surface area contributed by atoms with Crippen molar-refractivity contribution in [2.75, 3.05) is 34.4 Å². The van der Waals surface area contributed by atoms with Gasteiger partial charge in [0.15, 0.2) is 17.3 Å². The van der Waals surface area contributed by atoms with E-state index < -0.39 is 0 Å². The van der Waals surface area contributed by atoms with E-state index in [4.69, 9.17) is 18.9 Å². The third kappa shape index (κ3) is 4.37. The Kier molecular flexibility index (Phi) is 6.51. The Morgan fingerprint density at radius 1 is 1.03 bits per heavy atom. The quantitative estimate of drug-likeness (QED) is 0.645. The first kappa shape index (κ1) is 23.0. The van der Waals surface area contributed by atoms with E-state index in [1.54, 1.807) is 37.5 Å². The van der Waals surface area contributed by atoms with Gasteiger partial charge in [-0.1, -0.05) is 13.8 Å². The zero-order valence-corrected chi connectivity index (χ0v) is 19.8. The Balaban J connectivity index is 1.68. The number of hydrogen-bond acceptors (Lipinski definition) is 7. The van der Waals surface area contributed by atoms with Gasteiger partial charge >= 0.3 is 0 Å². The van der Waals surface area contributed by atoms with Crippen LogP contribution in [0.1, 0.15) is 41.8 Å². The molecule has 0 saturated carbocycles. The second-order valence-corrected chi connectivity index (χ2v) is 8.94. The number of likely N-dealkylation sites (tertiary alicyclic amines) is 1. The molecule has 4 rings (SSSR count). The first-order chi connectivity index (χ1) is 15.9. The minimum Gasteiger partial charge on any atom is -0.507 e. The number of benzene rings is 2. The van der Waals surface area contributed by atoms with Crippen molar-refractivity contribution in [3.63, 3.8) is 0 Å². The Bertz CT molecular complexity index is 1080. The van der Waals surface area contributed by atoms with Gasteiger partial charge in [-0.25, -0.2) is 0 Å². The summed E-state index contributed by atoms with van der Waals surface area (Å²) in [6.07, 6.45) is 2.83. The highest BCUT2D eigenvalue weighted by atomic mass is 16.5. The topological polar surface area (TPSA) is 77.5 Å². The van der Waals surface area contributed by atoms with Crippen LogP contribution < -0.4 is 18.9 Å². The van der Waals surface area contributed by atoms with E-state index in [1.165, 1.54) is 20.6 Å². The van der Waals surface area contributed by atoms with Crippen LogP contribution in [-0.4, -0.2) is 50.2 Å². The van der Waals surface area contributed by atoms with E-state index >= 15 is 0 Å². The van der Waals surface area contributed by atoms with Crippen LogP contribution in [0.15, 0.2) is 30.0 Å². The smallest absolute Gasteiger partial charge is 0.231 e. The molecule has 1 saturated heterocycles. The number of carbonyl (C=O) groups excluding carboxylic acids is 1. The molecular weight excluding hydrogens is 422 g/mol. The molecule has 2 aliphatic rings. The van der Waals surface area contributed by atoms with Crippen molar-refractivity contribution in [1.29, 1.82) is 0 Å². The maximum Gasteiger partial charge on any atom is 0.231 e. The zero-order chi connectivity index (χ0) is 23.7. The van der Waals surface area contributed by atoms with E-state index in [2.05, 4.69) is 18.7 Å². The lowest BCUT2D eigenvalue weighted by Crippen LogP contribution is -2.38. The molecule has 0 aliphatic carbocycles. The van der Waals surface area contributed by atoms with Gasteiger partial charge in [-0.05, 0) is 48.6 Å². The van der Waals surface area contributed by atoms with Gasteiger partial charge in [-0.2, -0.15) is 0 Å². The second-order valence-electron chi connectivity index (χ2n) is 8.94. The van der Waals surface area contributed by atoms with Gasteiger partial charge in [0, 0.05) is 25.2 Å². The summed E-state index contributed by atoms with van der Waals surface area (Å²) in [5.74, 6) is 3.07. The number of phenols is 1. The highest BCUT2D eigenvalue weighted by Crippen LogP contribution is 2.44. The molecule has 1 fully saturated rings. The van der Waals surface area contributed by atoms with Crippen LogP contribution >= 0.6 is 0 Å². The molecule has 2 aliphatic heterocycles. The molecule has 0 amide bonds. The lowest BCUT2D eigenvalue weighted by atomic mass is 9.91. The molecule has 2 aromatic rings. The highest BCUT2D eigenvalue weighted by Gasteiger charge is 2.33. The molecule has 2 heterocycles. The molecule has 0 radical (unpaired) electrons. The number of ether oxygens (including phenoxy) is 4. The van der Waals surface area contributed by atoms with Crippen molar-refractivity contribution in [1.82, 2.24) is 4.90 Å².